The highest BCUT2D eigenvalue weighted by Crippen LogP contribution is 2.34. The van der Waals surface area contributed by atoms with Crippen LogP contribution in [0.1, 0.15) is 22.3 Å². The molecule has 1 fully saturated rings. The van der Waals surface area contributed by atoms with E-state index in [1.807, 2.05) is 0 Å². The minimum atomic E-state index is -4.70. The summed E-state index contributed by atoms with van der Waals surface area (Å²) in [6.07, 6.45) is -3.99. The minimum absolute atomic E-state index is 0.0447. The van der Waals surface area contributed by atoms with Crippen molar-refractivity contribution in [3.05, 3.63) is 29.3 Å². The summed E-state index contributed by atoms with van der Waals surface area (Å²) in [7, 11) is 0. The normalized spacial score (nSPS) is 19.4. The first-order chi connectivity index (χ1) is 8.88. The lowest BCUT2D eigenvalue weighted by Crippen LogP contribution is -2.20. The third-order valence-electron chi connectivity index (χ3n) is 2.86. The molecule has 19 heavy (non-hydrogen) atoms. The summed E-state index contributed by atoms with van der Waals surface area (Å²) in [6, 6.07) is 3.07. The molecule has 1 aliphatic heterocycles. The van der Waals surface area contributed by atoms with Gasteiger partial charge in [0.25, 0.3) is 0 Å². The first-order valence-electron chi connectivity index (χ1n) is 5.67. The second-order valence-corrected chi connectivity index (χ2v) is 4.27. The van der Waals surface area contributed by atoms with Crippen molar-refractivity contribution >= 4 is 11.7 Å². The number of carboxylic acids is 1. The molecule has 0 aromatic heterocycles. The Balaban J connectivity index is 2.29. The lowest BCUT2D eigenvalue weighted by atomic mass is 10.1. The molecule has 0 aliphatic carbocycles. The van der Waals surface area contributed by atoms with Crippen LogP contribution in [-0.4, -0.2) is 30.3 Å². The van der Waals surface area contributed by atoms with Gasteiger partial charge in [-0.15, -0.1) is 0 Å². The van der Waals surface area contributed by atoms with E-state index < -0.39 is 23.3 Å². The number of hydrogen-bond donors (Lipinski definition) is 2. The molecule has 1 atom stereocenters. The van der Waals surface area contributed by atoms with E-state index in [1.165, 1.54) is 6.07 Å². The molecule has 1 aromatic carbocycles. The van der Waals surface area contributed by atoms with E-state index in [1.54, 1.807) is 0 Å². The summed E-state index contributed by atoms with van der Waals surface area (Å²) in [5.41, 5.74) is -1.66. The summed E-state index contributed by atoms with van der Waals surface area (Å²) in [4.78, 5) is 10.8. The molecule has 1 unspecified atom stereocenters. The van der Waals surface area contributed by atoms with Gasteiger partial charge in [0.2, 0.25) is 0 Å². The van der Waals surface area contributed by atoms with Gasteiger partial charge in [-0.3, -0.25) is 0 Å². The van der Waals surface area contributed by atoms with E-state index in [0.717, 1.165) is 12.1 Å². The first kappa shape index (κ1) is 13.7. The molecule has 1 aliphatic rings. The maximum absolute atomic E-state index is 12.8. The number of nitrogens with one attached hydrogen (secondary N) is 1. The molecule has 2 rings (SSSR count). The van der Waals surface area contributed by atoms with Gasteiger partial charge >= 0.3 is 12.1 Å². The topological polar surface area (TPSA) is 58.6 Å². The van der Waals surface area contributed by atoms with Crippen LogP contribution >= 0.6 is 0 Å². The quantitative estimate of drug-likeness (QED) is 0.890. The second-order valence-electron chi connectivity index (χ2n) is 4.27. The number of hydrogen-bond acceptors (Lipinski definition) is 3. The number of halogens is 3. The first-order valence-corrected chi connectivity index (χ1v) is 5.67. The molecule has 1 saturated heterocycles. The van der Waals surface area contributed by atoms with Gasteiger partial charge in [-0.05, 0) is 24.6 Å². The van der Waals surface area contributed by atoms with Gasteiger partial charge in [-0.1, -0.05) is 0 Å². The molecule has 0 spiro atoms. The van der Waals surface area contributed by atoms with Crippen LogP contribution in [0.3, 0.4) is 0 Å². The molecule has 0 radical (unpaired) electrons. The Kier molecular flexibility index (Phi) is 3.66. The van der Waals surface area contributed by atoms with Crippen molar-refractivity contribution in [1.82, 2.24) is 0 Å². The van der Waals surface area contributed by atoms with Crippen molar-refractivity contribution < 1.29 is 27.8 Å². The highest BCUT2D eigenvalue weighted by molar-refractivity contribution is 5.90. The Bertz CT molecular complexity index is 482. The number of carbonyl (C=O) groups is 1. The number of anilines is 1. The molecule has 104 valence electrons. The molecular weight excluding hydrogens is 263 g/mol. The van der Waals surface area contributed by atoms with E-state index >= 15 is 0 Å². The van der Waals surface area contributed by atoms with Crippen molar-refractivity contribution in [2.24, 2.45) is 0 Å². The minimum Gasteiger partial charge on any atom is -0.478 e. The van der Waals surface area contributed by atoms with Crippen LogP contribution in [0.5, 0.6) is 0 Å². The SMILES string of the molecule is O=C(O)c1ccc(NC2CCOC2)cc1C(F)(F)F. The van der Waals surface area contributed by atoms with Gasteiger partial charge in [0, 0.05) is 12.3 Å². The Morgan fingerprint density at radius 2 is 2.16 bits per heavy atom. The fourth-order valence-corrected chi connectivity index (χ4v) is 1.94. The average Bonchev–Trinajstić information content (AvgIpc) is 2.80. The monoisotopic (exact) mass is 275 g/mol. The van der Waals surface area contributed by atoms with Gasteiger partial charge in [0.1, 0.15) is 0 Å². The van der Waals surface area contributed by atoms with Crippen LogP contribution in [-0.2, 0) is 10.9 Å². The maximum Gasteiger partial charge on any atom is 0.417 e. The summed E-state index contributed by atoms with van der Waals surface area (Å²) < 4.78 is 43.5. The zero-order valence-electron chi connectivity index (χ0n) is 9.83. The Morgan fingerprint density at radius 3 is 2.68 bits per heavy atom. The highest BCUT2D eigenvalue weighted by Gasteiger charge is 2.35. The Hall–Kier alpha value is -1.76. The number of alkyl halides is 3. The third kappa shape index (κ3) is 3.17. The number of ether oxygens (including phenoxy) is 1. The smallest absolute Gasteiger partial charge is 0.417 e. The van der Waals surface area contributed by atoms with Crippen LogP contribution < -0.4 is 5.32 Å². The van der Waals surface area contributed by atoms with E-state index in [2.05, 4.69) is 5.32 Å². The molecule has 1 aromatic rings. The molecular formula is C12H12F3NO3. The molecule has 4 nitrogen and oxygen atoms in total. The zero-order valence-corrected chi connectivity index (χ0v) is 9.83. The summed E-state index contributed by atoms with van der Waals surface area (Å²) >= 11 is 0. The Morgan fingerprint density at radius 1 is 1.42 bits per heavy atom. The predicted octanol–water partition coefficient (Wildman–Crippen LogP) is 2.60. The van der Waals surface area contributed by atoms with Crippen molar-refractivity contribution in [2.45, 2.75) is 18.6 Å². The van der Waals surface area contributed by atoms with E-state index in [4.69, 9.17) is 9.84 Å². The summed E-state index contributed by atoms with van der Waals surface area (Å²) in [6.45, 7) is 0.999. The molecule has 0 bridgehead atoms. The van der Waals surface area contributed by atoms with Gasteiger partial charge in [0.05, 0.1) is 23.8 Å². The standard InChI is InChI=1S/C12H12F3NO3/c13-12(14,15)10-5-7(1-2-9(10)11(17)18)16-8-3-4-19-6-8/h1-2,5,8,16H,3-4,6H2,(H,17,18). The van der Waals surface area contributed by atoms with E-state index in [-0.39, 0.29) is 11.7 Å². The summed E-state index contributed by atoms with van der Waals surface area (Å²) in [5.74, 6) is -1.59. The van der Waals surface area contributed by atoms with Gasteiger partial charge in [0.15, 0.2) is 0 Å². The van der Waals surface area contributed by atoms with Crippen molar-refractivity contribution in [2.75, 3.05) is 18.5 Å². The van der Waals surface area contributed by atoms with Crippen LogP contribution in [0, 0.1) is 0 Å². The van der Waals surface area contributed by atoms with Crippen molar-refractivity contribution in [3.8, 4) is 0 Å². The average molecular weight is 275 g/mol. The Labute approximate surface area is 107 Å². The number of benzene rings is 1. The third-order valence-corrected chi connectivity index (χ3v) is 2.86. The van der Waals surface area contributed by atoms with Gasteiger partial charge < -0.3 is 15.2 Å². The molecule has 1 heterocycles. The van der Waals surface area contributed by atoms with Crippen LogP contribution in [0.4, 0.5) is 18.9 Å². The fraction of sp³-hybridized carbons (Fsp3) is 0.417. The van der Waals surface area contributed by atoms with E-state index in [0.29, 0.717) is 19.6 Å². The highest BCUT2D eigenvalue weighted by atomic mass is 19.4. The molecule has 2 N–H and O–H groups in total. The van der Waals surface area contributed by atoms with Gasteiger partial charge in [-0.25, -0.2) is 4.79 Å². The molecule has 7 heteroatoms. The maximum atomic E-state index is 12.8. The zero-order chi connectivity index (χ0) is 14.0. The van der Waals surface area contributed by atoms with Crippen molar-refractivity contribution in [3.63, 3.8) is 0 Å². The summed E-state index contributed by atoms with van der Waals surface area (Å²) in [5, 5.41) is 11.7. The lowest BCUT2D eigenvalue weighted by molar-refractivity contribution is -0.138. The molecule has 0 amide bonds. The number of carboxylic acid groups (broad SMARTS) is 1. The number of aromatic carboxylic acids is 1. The lowest BCUT2D eigenvalue weighted by Gasteiger charge is -2.16. The largest absolute Gasteiger partial charge is 0.478 e. The van der Waals surface area contributed by atoms with Gasteiger partial charge in [-0.2, -0.15) is 13.2 Å². The molecule has 0 saturated carbocycles. The van der Waals surface area contributed by atoms with Crippen molar-refractivity contribution in [1.29, 1.82) is 0 Å². The predicted molar refractivity (Wildman–Crippen MR) is 61.3 cm³/mol. The fourth-order valence-electron chi connectivity index (χ4n) is 1.94. The van der Waals surface area contributed by atoms with Crippen LogP contribution in [0.25, 0.3) is 0 Å². The van der Waals surface area contributed by atoms with Crippen LogP contribution in [0.15, 0.2) is 18.2 Å². The number of rotatable bonds is 3. The second kappa shape index (κ2) is 5.08. The van der Waals surface area contributed by atoms with E-state index in [9.17, 15) is 18.0 Å². The van der Waals surface area contributed by atoms with Crippen LogP contribution in [0.2, 0.25) is 0 Å².